The SMILES string of the molecule is CCC1=CC(c2nccc(Oc3cccc(N)c3)n2)=CC(C)CC1. The fourth-order valence-electron chi connectivity index (χ4n) is 2.80. The summed E-state index contributed by atoms with van der Waals surface area (Å²) in [6, 6.07) is 9.09. The van der Waals surface area contributed by atoms with Crippen LogP contribution in [-0.2, 0) is 0 Å². The molecule has 0 spiro atoms. The highest BCUT2D eigenvalue weighted by Crippen LogP contribution is 2.28. The molecule has 0 bridgehead atoms. The number of benzene rings is 1. The van der Waals surface area contributed by atoms with Gasteiger partial charge in [0, 0.05) is 29.6 Å². The van der Waals surface area contributed by atoms with Crippen molar-refractivity contribution in [2.24, 2.45) is 5.92 Å². The van der Waals surface area contributed by atoms with E-state index in [0.717, 1.165) is 18.4 Å². The Kier molecular flexibility index (Phi) is 4.94. The fourth-order valence-corrected chi connectivity index (χ4v) is 2.80. The Labute approximate surface area is 143 Å². The van der Waals surface area contributed by atoms with Crippen molar-refractivity contribution in [2.75, 3.05) is 5.73 Å². The first kappa shape index (κ1) is 16.2. The van der Waals surface area contributed by atoms with Gasteiger partial charge in [-0.2, -0.15) is 4.98 Å². The first-order valence-corrected chi connectivity index (χ1v) is 8.42. The molecule has 4 heteroatoms. The minimum absolute atomic E-state index is 0.516. The van der Waals surface area contributed by atoms with Crippen LogP contribution in [0.2, 0.25) is 0 Å². The highest BCUT2D eigenvalue weighted by Gasteiger charge is 2.13. The van der Waals surface area contributed by atoms with Gasteiger partial charge in [-0.05, 0) is 37.3 Å². The van der Waals surface area contributed by atoms with Crippen molar-refractivity contribution < 1.29 is 4.74 Å². The maximum absolute atomic E-state index is 5.82. The van der Waals surface area contributed by atoms with Gasteiger partial charge in [0.15, 0.2) is 5.82 Å². The second-order valence-corrected chi connectivity index (χ2v) is 6.19. The molecule has 0 saturated heterocycles. The fraction of sp³-hybridized carbons (Fsp3) is 0.300. The zero-order chi connectivity index (χ0) is 16.9. The van der Waals surface area contributed by atoms with E-state index in [0.29, 0.717) is 29.1 Å². The summed E-state index contributed by atoms with van der Waals surface area (Å²) in [4.78, 5) is 9.02. The molecule has 4 nitrogen and oxygen atoms in total. The van der Waals surface area contributed by atoms with E-state index in [9.17, 15) is 0 Å². The zero-order valence-electron chi connectivity index (χ0n) is 14.2. The number of nitrogen functional groups attached to an aromatic ring is 1. The zero-order valence-corrected chi connectivity index (χ0v) is 14.2. The van der Waals surface area contributed by atoms with Crippen LogP contribution in [0.3, 0.4) is 0 Å². The van der Waals surface area contributed by atoms with Crippen LogP contribution in [-0.4, -0.2) is 9.97 Å². The molecule has 1 aromatic heterocycles. The number of aromatic nitrogens is 2. The van der Waals surface area contributed by atoms with E-state index in [4.69, 9.17) is 10.5 Å². The summed E-state index contributed by atoms with van der Waals surface area (Å²) < 4.78 is 5.82. The summed E-state index contributed by atoms with van der Waals surface area (Å²) in [6.07, 6.45) is 9.58. The number of hydrogen-bond donors (Lipinski definition) is 1. The van der Waals surface area contributed by atoms with E-state index >= 15 is 0 Å². The van der Waals surface area contributed by atoms with Crippen LogP contribution >= 0.6 is 0 Å². The lowest BCUT2D eigenvalue weighted by Gasteiger charge is -2.08. The number of rotatable bonds is 4. The standard InChI is InChI=1S/C20H23N3O/c1-3-15-8-7-14(2)11-16(12-15)20-22-10-9-19(23-20)24-18-6-4-5-17(21)13-18/h4-6,9-14H,3,7-8,21H2,1-2H3. The smallest absolute Gasteiger partial charge is 0.222 e. The van der Waals surface area contributed by atoms with Crippen LogP contribution in [0.1, 0.15) is 38.9 Å². The second kappa shape index (κ2) is 7.30. The third kappa shape index (κ3) is 4.02. The summed E-state index contributed by atoms with van der Waals surface area (Å²) in [5, 5.41) is 0. The Hall–Kier alpha value is -2.62. The van der Waals surface area contributed by atoms with Crippen LogP contribution in [0, 0.1) is 5.92 Å². The topological polar surface area (TPSA) is 61.0 Å². The van der Waals surface area contributed by atoms with Crippen LogP contribution in [0.4, 0.5) is 5.69 Å². The lowest BCUT2D eigenvalue weighted by Crippen LogP contribution is -1.97. The molecule has 1 heterocycles. The third-order valence-electron chi connectivity index (χ3n) is 4.17. The van der Waals surface area contributed by atoms with E-state index in [1.165, 1.54) is 12.0 Å². The molecule has 2 aromatic rings. The van der Waals surface area contributed by atoms with Crippen molar-refractivity contribution in [2.45, 2.75) is 33.1 Å². The number of nitrogens with zero attached hydrogens (tertiary/aromatic N) is 2. The van der Waals surface area contributed by atoms with E-state index in [2.05, 4.69) is 36.0 Å². The summed E-state index contributed by atoms with van der Waals surface area (Å²) in [6.45, 7) is 4.43. The monoisotopic (exact) mass is 321 g/mol. The molecular weight excluding hydrogens is 298 g/mol. The third-order valence-corrected chi connectivity index (χ3v) is 4.17. The quantitative estimate of drug-likeness (QED) is 0.805. The van der Waals surface area contributed by atoms with Gasteiger partial charge in [0.2, 0.25) is 5.88 Å². The van der Waals surface area contributed by atoms with E-state index < -0.39 is 0 Å². The molecule has 0 saturated carbocycles. The Morgan fingerprint density at radius 3 is 2.96 bits per heavy atom. The molecule has 0 fully saturated rings. The van der Waals surface area contributed by atoms with Gasteiger partial charge >= 0.3 is 0 Å². The van der Waals surface area contributed by atoms with Crippen molar-refractivity contribution in [1.82, 2.24) is 9.97 Å². The van der Waals surface area contributed by atoms with E-state index in [1.54, 1.807) is 18.3 Å². The lowest BCUT2D eigenvalue weighted by molar-refractivity contribution is 0.461. The summed E-state index contributed by atoms with van der Waals surface area (Å²) >= 11 is 0. The van der Waals surface area contributed by atoms with E-state index in [-0.39, 0.29) is 0 Å². The van der Waals surface area contributed by atoms with Gasteiger partial charge in [-0.15, -0.1) is 0 Å². The van der Waals surface area contributed by atoms with Crippen LogP contribution in [0.5, 0.6) is 11.6 Å². The molecular formula is C20H23N3O. The highest BCUT2D eigenvalue weighted by molar-refractivity contribution is 5.71. The van der Waals surface area contributed by atoms with Crippen molar-refractivity contribution in [3.63, 3.8) is 0 Å². The average molecular weight is 321 g/mol. The van der Waals surface area contributed by atoms with Crippen LogP contribution in [0.15, 0.2) is 54.3 Å². The predicted molar refractivity (Wildman–Crippen MR) is 97.7 cm³/mol. The molecule has 2 N–H and O–H groups in total. The van der Waals surface area contributed by atoms with Gasteiger partial charge in [0.1, 0.15) is 5.75 Å². The molecule has 1 aromatic carbocycles. The van der Waals surface area contributed by atoms with Gasteiger partial charge in [-0.1, -0.05) is 37.6 Å². The summed E-state index contributed by atoms with van der Waals surface area (Å²) in [7, 11) is 0. The first-order valence-electron chi connectivity index (χ1n) is 8.42. The molecule has 1 atom stereocenters. The molecule has 1 aliphatic rings. The van der Waals surface area contributed by atoms with Crippen molar-refractivity contribution in [1.29, 1.82) is 0 Å². The molecule has 1 unspecified atom stereocenters. The van der Waals surface area contributed by atoms with Crippen molar-refractivity contribution in [3.8, 4) is 11.6 Å². The minimum atomic E-state index is 0.516. The van der Waals surface area contributed by atoms with Crippen LogP contribution < -0.4 is 10.5 Å². The first-order chi connectivity index (χ1) is 11.6. The molecule has 0 radical (unpaired) electrons. The van der Waals surface area contributed by atoms with E-state index in [1.807, 2.05) is 18.2 Å². The summed E-state index contributed by atoms with van der Waals surface area (Å²) in [5.74, 6) is 2.42. The minimum Gasteiger partial charge on any atom is -0.439 e. The molecule has 124 valence electrons. The Bertz CT molecular complexity index is 780. The van der Waals surface area contributed by atoms with Gasteiger partial charge in [-0.3, -0.25) is 0 Å². The average Bonchev–Trinajstić information content (AvgIpc) is 2.77. The molecule has 0 amide bonds. The maximum atomic E-state index is 5.82. The largest absolute Gasteiger partial charge is 0.439 e. The van der Waals surface area contributed by atoms with Crippen LogP contribution in [0.25, 0.3) is 5.57 Å². The number of hydrogen-bond acceptors (Lipinski definition) is 4. The molecule has 0 aliphatic heterocycles. The lowest BCUT2D eigenvalue weighted by atomic mass is 10.0. The number of anilines is 1. The van der Waals surface area contributed by atoms with Gasteiger partial charge < -0.3 is 10.5 Å². The Morgan fingerprint density at radius 1 is 1.29 bits per heavy atom. The molecule has 3 rings (SSSR count). The maximum Gasteiger partial charge on any atom is 0.222 e. The highest BCUT2D eigenvalue weighted by atomic mass is 16.5. The number of allylic oxidation sites excluding steroid dienone is 4. The van der Waals surface area contributed by atoms with Gasteiger partial charge in [0.05, 0.1) is 0 Å². The Balaban J connectivity index is 1.89. The Morgan fingerprint density at radius 2 is 2.17 bits per heavy atom. The number of nitrogens with two attached hydrogens (primary N) is 1. The van der Waals surface area contributed by atoms with Crippen molar-refractivity contribution >= 4 is 11.3 Å². The number of ether oxygens (including phenoxy) is 1. The second-order valence-electron chi connectivity index (χ2n) is 6.19. The molecule has 24 heavy (non-hydrogen) atoms. The predicted octanol–water partition coefficient (Wildman–Crippen LogP) is 5.00. The van der Waals surface area contributed by atoms with Gasteiger partial charge in [0.25, 0.3) is 0 Å². The van der Waals surface area contributed by atoms with Gasteiger partial charge in [-0.25, -0.2) is 4.98 Å². The summed E-state index contributed by atoms with van der Waals surface area (Å²) in [5.41, 5.74) is 8.98. The normalized spacial score (nSPS) is 17.7. The van der Waals surface area contributed by atoms with Crippen molar-refractivity contribution in [3.05, 3.63) is 60.1 Å². The molecule has 1 aliphatic carbocycles.